The van der Waals surface area contributed by atoms with Gasteiger partial charge in [-0.15, -0.1) is 0 Å². The summed E-state index contributed by atoms with van der Waals surface area (Å²) < 4.78 is 5.07. The molecule has 0 radical (unpaired) electrons. The maximum atomic E-state index is 13.1. The van der Waals surface area contributed by atoms with E-state index in [1.807, 2.05) is 47.4 Å². The molecular weight excluding hydrogens is 340 g/mol. The highest BCUT2D eigenvalue weighted by molar-refractivity contribution is 5.98. The van der Waals surface area contributed by atoms with Crippen LogP contribution >= 0.6 is 0 Å². The van der Waals surface area contributed by atoms with Crippen molar-refractivity contribution in [1.29, 1.82) is 0 Å². The monoisotopic (exact) mass is 364 g/mol. The van der Waals surface area contributed by atoms with E-state index in [4.69, 9.17) is 4.74 Å². The second kappa shape index (κ2) is 7.14. The zero-order valence-electron chi connectivity index (χ0n) is 15.6. The van der Waals surface area contributed by atoms with Gasteiger partial charge in [-0.25, -0.2) is 0 Å². The quantitative estimate of drug-likeness (QED) is 0.782. The number of fused-ring (bicyclic) bond motifs is 2. The fraction of sp³-hybridized carbons (Fsp3) is 0.409. The van der Waals surface area contributed by atoms with E-state index < -0.39 is 5.41 Å². The molecule has 0 bridgehead atoms. The minimum Gasteiger partial charge on any atom is -0.469 e. The highest BCUT2D eigenvalue weighted by Crippen LogP contribution is 2.46. The second-order valence-electron chi connectivity index (χ2n) is 7.46. The zero-order valence-corrected chi connectivity index (χ0v) is 15.6. The Morgan fingerprint density at radius 2 is 2.04 bits per heavy atom. The Bertz CT molecular complexity index is 852. The molecule has 2 aliphatic heterocycles. The third-order valence-electron chi connectivity index (χ3n) is 6.01. The van der Waals surface area contributed by atoms with Crippen LogP contribution in [-0.4, -0.2) is 41.5 Å². The van der Waals surface area contributed by atoms with Gasteiger partial charge < -0.3 is 9.64 Å². The van der Waals surface area contributed by atoms with Gasteiger partial charge >= 0.3 is 5.97 Å². The van der Waals surface area contributed by atoms with E-state index >= 15 is 0 Å². The van der Waals surface area contributed by atoms with Gasteiger partial charge in [0.2, 0.25) is 0 Å². The molecule has 5 heteroatoms. The SMILES string of the molecule is COC(=O)C[C@@]1(Cc2ccccn2)c2ccccc2C(=O)N2CCCC[C@H]21. The van der Waals surface area contributed by atoms with Crippen molar-refractivity contribution in [2.24, 2.45) is 0 Å². The van der Waals surface area contributed by atoms with Crippen molar-refractivity contribution >= 4 is 11.9 Å². The first kappa shape index (κ1) is 17.7. The van der Waals surface area contributed by atoms with E-state index in [2.05, 4.69) is 4.98 Å². The number of benzene rings is 1. The third-order valence-corrected chi connectivity index (χ3v) is 6.01. The fourth-order valence-electron chi connectivity index (χ4n) is 4.83. The van der Waals surface area contributed by atoms with Crippen LogP contribution in [-0.2, 0) is 21.4 Å². The Labute approximate surface area is 159 Å². The van der Waals surface area contributed by atoms with Crippen molar-refractivity contribution in [2.45, 2.75) is 43.6 Å². The summed E-state index contributed by atoms with van der Waals surface area (Å²) in [4.78, 5) is 32.1. The van der Waals surface area contributed by atoms with Crippen LogP contribution in [0.4, 0.5) is 0 Å². The largest absolute Gasteiger partial charge is 0.469 e. The first-order chi connectivity index (χ1) is 13.2. The number of carbonyl (C=O) groups excluding carboxylic acids is 2. The standard InChI is InChI=1S/C22H24N2O3/c1-27-20(25)15-22(14-16-8-4-6-12-23-16)18-10-3-2-9-17(18)21(26)24-13-7-5-11-19(22)24/h2-4,6,8-10,12,19H,5,7,11,13-15H2,1H3/t19-,22-/m0/s1. The van der Waals surface area contributed by atoms with Crippen molar-refractivity contribution in [3.8, 4) is 0 Å². The normalized spacial score (nSPS) is 24.1. The Morgan fingerprint density at radius 3 is 2.81 bits per heavy atom. The molecule has 2 aromatic rings. The van der Waals surface area contributed by atoms with Gasteiger partial charge in [-0.3, -0.25) is 14.6 Å². The molecule has 1 aromatic heterocycles. The predicted octanol–water partition coefficient (Wildman–Crippen LogP) is 3.13. The first-order valence-electron chi connectivity index (χ1n) is 9.53. The molecule has 0 N–H and O–H groups in total. The average molecular weight is 364 g/mol. The molecule has 0 spiro atoms. The number of nitrogens with zero attached hydrogens (tertiary/aromatic N) is 2. The molecule has 1 saturated heterocycles. The van der Waals surface area contributed by atoms with Crippen LogP contribution in [0.2, 0.25) is 0 Å². The van der Waals surface area contributed by atoms with E-state index in [1.165, 1.54) is 7.11 Å². The molecule has 1 aromatic carbocycles. The van der Waals surface area contributed by atoms with Crippen molar-refractivity contribution in [3.05, 3.63) is 65.5 Å². The minimum absolute atomic E-state index is 0.0187. The van der Waals surface area contributed by atoms with Gasteiger partial charge in [-0.05, 0) is 43.0 Å². The number of hydrogen-bond donors (Lipinski definition) is 0. The summed E-state index contributed by atoms with van der Waals surface area (Å²) in [6.45, 7) is 0.739. The van der Waals surface area contributed by atoms with Gasteiger partial charge in [0.15, 0.2) is 0 Å². The van der Waals surface area contributed by atoms with Gasteiger partial charge in [0.1, 0.15) is 0 Å². The lowest BCUT2D eigenvalue weighted by Gasteiger charge is -2.52. The number of ether oxygens (including phenoxy) is 1. The molecule has 4 rings (SSSR count). The average Bonchev–Trinajstić information content (AvgIpc) is 2.73. The van der Waals surface area contributed by atoms with E-state index in [0.717, 1.165) is 37.1 Å². The van der Waals surface area contributed by atoms with Crippen LogP contribution < -0.4 is 0 Å². The van der Waals surface area contributed by atoms with Crippen LogP contribution in [0.25, 0.3) is 0 Å². The molecular formula is C22H24N2O3. The lowest BCUT2D eigenvalue weighted by molar-refractivity contribution is -0.143. The Hall–Kier alpha value is -2.69. The predicted molar refractivity (Wildman–Crippen MR) is 101 cm³/mol. The fourth-order valence-corrected chi connectivity index (χ4v) is 4.83. The number of pyridine rings is 1. The van der Waals surface area contributed by atoms with Gasteiger partial charge in [0.25, 0.3) is 5.91 Å². The summed E-state index contributed by atoms with van der Waals surface area (Å²) in [7, 11) is 1.43. The summed E-state index contributed by atoms with van der Waals surface area (Å²) in [5.41, 5.74) is 2.06. The zero-order chi connectivity index (χ0) is 18.9. The van der Waals surface area contributed by atoms with E-state index in [0.29, 0.717) is 12.0 Å². The lowest BCUT2D eigenvalue weighted by Crippen LogP contribution is -2.60. The van der Waals surface area contributed by atoms with E-state index in [1.54, 1.807) is 6.20 Å². The Morgan fingerprint density at radius 1 is 1.22 bits per heavy atom. The summed E-state index contributed by atoms with van der Waals surface area (Å²) in [6.07, 6.45) is 5.58. The number of rotatable bonds is 4. The van der Waals surface area contributed by atoms with E-state index in [-0.39, 0.29) is 24.3 Å². The number of carbonyl (C=O) groups is 2. The summed E-state index contributed by atoms with van der Waals surface area (Å²) in [6, 6.07) is 13.6. The topological polar surface area (TPSA) is 59.5 Å². The number of piperidine rings is 1. The lowest BCUT2D eigenvalue weighted by atomic mass is 9.62. The van der Waals surface area contributed by atoms with Crippen LogP contribution in [0.1, 0.15) is 47.3 Å². The number of methoxy groups -OCH3 is 1. The first-order valence-corrected chi connectivity index (χ1v) is 9.53. The summed E-state index contributed by atoms with van der Waals surface area (Å²) in [5.74, 6) is -0.169. The molecule has 27 heavy (non-hydrogen) atoms. The number of esters is 1. The molecule has 1 fully saturated rings. The van der Waals surface area contributed by atoms with Gasteiger partial charge in [-0.1, -0.05) is 24.3 Å². The smallest absolute Gasteiger partial charge is 0.306 e. The van der Waals surface area contributed by atoms with Crippen LogP contribution in [0.5, 0.6) is 0 Å². The molecule has 5 nitrogen and oxygen atoms in total. The Balaban J connectivity index is 1.91. The number of amides is 1. The highest BCUT2D eigenvalue weighted by Gasteiger charge is 2.52. The van der Waals surface area contributed by atoms with Crippen molar-refractivity contribution in [2.75, 3.05) is 13.7 Å². The molecule has 0 saturated carbocycles. The van der Waals surface area contributed by atoms with Crippen LogP contribution in [0.15, 0.2) is 48.7 Å². The molecule has 0 unspecified atom stereocenters. The molecule has 3 heterocycles. The van der Waals surface area contributed by atoms with E-state index in [9.17, 15) is 9.59 Å². The number of hydrogen-bond acceptors (Lipinski definition) is 4. The molecule has 1 amide bonds. The molecule has 140 valence electrons. The maximum absolute atomic E-state index is 13.1. The van der Waals surface area contributed by atoms with Gasteiger partial charge in [0.05, 0.1) is 13.5 Å². The highest BCUT2D eigenvalue weighted by atomic mass is 16.5. The molecule has 0 aliphatic carbocycles. The molecule has 2 aliphatic rings. The van der Waals surface area contributed by atoms with Gasteiger partial charge in [-0.2, -0.15) is 0 Å². The Kier molecular flexibility index (Phi) is 4.68. The van der Waals surface area contributed by atoms with Crippen molar-refractivity contribution in [3.63, 3.8) is 0 Å². The third kappa shape index (κ3) is 3.01. The summed E-state index contributed by atoms with van der Waals surface area (Å²) in [5, 5.41) is 0. The maximum Gasteiger partial charge on any atom is 0.306 e. The number of aromatic nitrogens is 1. The molecule has 2 atom stereocenters. The minimum atomic E-state index is -0.521. The second-order valence-corrected chi connectivity index (χ2v) is 7.46. The van der Waals surface area contributed by atoms with Crippen LogP contribution in [0, 0.1) is 0 Å². The van der Waals surface area contributed by atoms with Crippen molar-refractivity contribution in [1.82, 2.24) is 9.88 Å². The van der Waals surface area contributed by atoms with Crippen LogP contribution in [0.3, 0.4) is 0 Å². The van der Waals surface area contributed by atoms with Gasteiger partial charge in [0, 0.05) is 41.9 Å². The van der Waals surface area contributed by atoms with Crippen molar-refractivity contribution < 1.29 is 14.3 Å². The summed E-state index contributed by atoms with van der Waals surface area (Å²) >= 11 is 0.